The highest BCUT2D eigenvalue weighted by atomic mass is 35.5. The Bertz CT molecular complexity index is 498. The zero-order chi connectivity index (χ0) is 13.0. The highest BCUT2D eigenvalue weighted by Gasteiger charge is 2.13. The van der Waals surface area contributed by atoms with Crippen LogP contribution in [-0.2, 0) is 12.8 Å². The van der Waals surface area contributed by atoms with Crippen LogP contribution in [0.15, 0.2) is 42.7 Å². The molecule has 2 nitrogen and oxygen atoms in total. The fourth-order valence-electron chi connectivity index (χ4n) is 1.83. The average Bonchev–Trinajstić information content (AvgIpc) is 2.35. The van der Waals surface area contributed by atoms with Crippen molar-refractivity contribution in [2.24, 2.45) is 0 Å². The molecule has 1 unspecified atom stereocenters. The van der Waals surface area contributed by atoms with E-state index in [4.69, 9.17) is 11.6 Å². The number of nitrogens with zero attached hydrogens (tertiary/aromatic N) is 1. The molecule has 1 N–H and O–H groups in total. The molecule has 0 amide bonds. The van der Waals surface area contributed by atoms with Crippen molar-refractivity contribution in [1.82, 2.24) is 4.98 Å². The Balaban J connectivity index is 2.06. The molecule has 0 aliphatic carbocycles. The van der Waals surface area contributed by atoms with Crippen LogP contribution in [0.25, 0.3) is 0 Å². The van der Waals surface area contributed by atoms with Gasteiger partial charge in [-0.1, -0.05) is 23.7 Å². The molecule has 18 heavy (non-hydrogen) atoms. The molecular formula is C14H13ClFNO. The summed E-state index contributed by atoms with van der Waals surface area (Å²) in [7, 11) is 0. The number of hydrogen-bond donors (Lipinski definition) is 1. The molecule has 4 heteroatoms. The van der Waals surface area contributed by atoms with Gasteiger partial charge in [0.25, 0.3) is 0 Å². The lowest BCUT2D eigenvalue weighted by Gasteiger charge is -2.12. The number of hydrogen-bond acceptors (Lipinski definition) is 2. The van der Waals surface area contributed by atoms with Crippen molar-refractivity contribution >= 4 is 11.6 Å². The quantitative estimate of drug-likeness (QED) is 0.922. The highest BCUT2D eigenvalue weighted by molar-refractivity contribution is 6.31. The van der Waals surface area contributed by atoms with Crippen molar-refractivity contribution in [3.63, 3.8) is 0 Å². The molecule has 1 atom stereocenters. The van der Waals surface area contributed by atoms with E-state index in [0.29, 0.717) is 17.0 Å². The van der Waals surface area contributed by atoms with Crippen molar-refractivity contribution in [2.45, 2.75) is 18.9 Å². The lowest BCUT2D eigenvalue weighted by molar-refractivity contribution is 0.174. The summed E-state index contributed by atoms with van der Waals surface area (Å²) in [5, 5.41) is 10.3. The first kappa shape index (κ1) is 13.0. The van der Waals surface area contributed by atoms with E-state index in [9.17, 15) is 9.50 Å². The first-order chi connectivity index (χ1) is 8.66. The van der Waals surface area contributed by atoms with Crippen molar-refractivity contribution < 1.29 is 9.50 Å². The summed E-state index contributed by atoms with van der Waals surface area (Å²) >= 11 is 5.91. The van der Waals surface area contributed by atoms with Crippen LogP contribution >= 0.6 is 11.6 Å². The van der Waals surface area contributed by atoms with Gasteiger partial charge in [-0.3, -0.25) is 4.98 Å². The van der Waals surface area contributed by atoms with Gasteiger partial charge in [0.2, 0.25) is 0 Å². The van der Waals surface area contributed by atoms with E-state index < -0.39 is 6.10 Å². The molecule has 0 saturated heterocycles. The van der Waals surface area contributed by atoms with Gasteiger partial charge in [-0.05, 0) is 23.8 Å². The second kappa shape index (κ2) is 5.94. The van der Waals surface area contributed by atoms with Crippen LogP contribution < -0.4 is 0 Å². The van der Waals surface area contributed by atoms with E-state index in [-0.39, 0.29) is 12.2 Å². The van der Waals surface area contributed by atoms with Gasteiger partial charge in [-0.2, -0.15) is 0 Å². The van der Waals surface area contributed by atoms with Gasteiger partial charge in [0, 0.05) is 35.8 Å². The van der Waals surface area contributed by atoms with Crippen LogP contribution in [0.4, 0.5) is 4.39 Å². The molecule has 0 radical (unpaired) electrons. The Hall–Kier alpha value is -1.45. The molecule has 1 aromatic carbocycles. The van der Waals surface area contributed by atoms with Crippen LogP contribution in [0.1, 0.15) is 11.1 Å². The monoisotopic (exact) mass is 265 g/mol. The van der Waals surface area contributed by atoms with Gasteiger partial charge in [-0.25, -0.2) is 4.39 Å². The molecule has 0 fully saturated rings. The Kier molecular flexibility index (Phi) is 4.28. The number of aliphatic hydroxyl groups excluding tert-OH is 1. The Labute approximate surface area is 110 Å². The predicted molar refractivity (Wildman–Crippen MR) is 69.1 cm³/mol. The number of halogens is 2. The first-order valence-electron chi connectivity index (χ1n) is 5.66. The number of aliphatic hydroxyl groups is 1. The smallest absolute Gasteiger partial charge is 0.127 e. The van der Waals surface area contributed by atoms with E-state index in [0.717, 1.165) is 5.56 Å². The van der Waals surface area contributed by atoms with Crippen molar-refractivity contribution in [3.05, 3.63) is 64.7 Å². The largest absolute Gasteiger partial charge is 0.392 e. The summed E-state index contributed by atoms with van der Waals surface area (Å²) in [6.45, 7) is 0. The molecule has 0 saturated carbocycles. The summed E-state index contributed by atoms with van der Waals surface area (Å²) in [5.74, 6) is -0.382. The minimum absolute atomic E-state index is 0.195. The van der Waals surface area contributed by atoms with Crippen LogP contribution in [0.3, 0.4) is 0 Å². The normalized spacial score (nSPS) is 12.4. The van der Waals surface area contributed by atoms with Gasteiger partial charge < -0.3 is 5.11 Å². The van der Waals surface area contributed by atoms with E-state index in [1.807, 2.05) is 6.07 Å². The maximum absolute atomic E-state index is 13.5. The minimum atomic E-state index is -0.677. The summed E-state index contributed by atoms with van der Waals surface area (Å²) < 4.78 is 13.5. The van der Waals surface area contributed by atoms with Crippen molar-refractivity contribution in [2.75, 3.05) is 0 Å². The van der Waals surface area contributed by atoms with E-state index >= 15 is 0 Å². The zero-order valence-electron chi connectivity index (χ0n) is 9.68. The zero-order valence-corrected chi connectivity index (χ0v) is 10.4. The van der Waals surface area contributed by atoms with Crippen LogP contribution in [0, 0.1) is 5.82 Å². The Morgan fingerprint density at radius 2 is 2.06 bits per heavy atom. The molecule has 2 aromatic rings. The van der Waals surface area contributed by atoms with Gasteiger partial charge in [0.05, 0.1) is 6.10 Å². The third-order valence-corrected chi connectivity index (χ3v) is 3.05. The third kappa shape index (κ3) is 3.28. The Morgan fingerprint density at radius 1 is 1.22 bits per heavy atom. The summed E-state index contributed by atoms with van der Waals surface area (Å²) in [6.07, 6.45) is 3.30. The summed E-state index contributed by atoms with van der Waals surface area (Å²) in [4.78, 5) is 3.97. The fraction of sp³-hybridized carbons (Fsp3) is 0.214. The highest BCUT2D eigenvalue weighted by Crippen LogP contribution is 2.21. The Morgan fingerprint density at radius 3 is 2.72 bits per heavy atom. The van der Waals surface area contributed by atoms with Crippen LogP contribution in [-0.4, -0.2) is 16.2 Å². The summed E-state index contributed by atoms with van der Waals surface area (Å²) in [6, 6.07) is 8.20. The topological polar surface area (TPSA) is 33.1 Å². The number of benzene rings is 1. The molecule has 0 aliphatic rings. The van der Waals surface area contributed by atoms with Gasteiger partial charge in [0.1, 0.15) is 5.82 Å². The van der Waals surface area contributed by atoms with Crippen molar-refractivity contribution in [1.29, 1.82) is 0 Å². The number of aromatic nitrogens is 1. The standard InChI is InChI=1S/C14H13ClFNO/c15-13-4-1-5-14(16)12(13)8-11(18)7-10-3-2-6-17-9-10/h1-6,9,11,18H,7-8H2. The second-order valence-electron chi connectivity index (χ2n) is 4.12. The SMILES string of the molecule is OC(Cc1cccnc1)Cc1c(F)cccc1Cl. The average molecular weight is 266 g/mol. The molecule has 1 aromatic heterocycles. The van der Waals surface area contributed by atoms with Gasteiger partial charge in [-0.15, -0.1) is 0 Å². The fourth-order valence-corrected chi connectivity index (χ4v) is 2.07. The minimum Gasteiger partial charge on any atom is -0.392 e. The van der Waals surface area contributed by atoms with Crippen LogP contribution in [0.2, 0.25) is 5.02 Å². The van der Waals surface area contributed by atoms with E-state index in [1.54, 1.807) is 30.6 Å². The third-order valence-electron chi connectivity index (χ3n) is 2.70. The van der Waals surface area contributed by atoms with Crippen molar-refractivity contribution in [3.8, 4) is 0 Å². The molecule has 0 bridgehead atoms. The van der Waals surface area contributed by atoms with E-state index in [2.05, 4.69) is 4.98 Å². The van der Waals surface area contributed by atoms with E-state index in [1.165, 1.54) is 6.07 Å². The molecule has 2 rings (SSSR count). The van der Waals surface area contributed by atoms with Gasteiger partial charge in [0.15, 0.2) is 0 Å². The lowest BCUT2D eigenvalue weighted by Crippen LogP contribution is -2.15. The number of pyridine rings is 1. The first-order valence-corrected chi connectivity index (χ1v) is 6.04. The summed E-state index contributed by atoms with van der Waals surface area (Å²) in [5.41, 5.74) is 1.27. The molecule has 1 heterocycles. The molecule has 94 valence electrons. The van der Waals surface area contributed by atoms with Gasteiger partial charge >= 0.3 is 0 Å². The second-order valence-corrected chi connectivity index (χ2v) is 4.53. The molecule has 0 spiro atoms. The van der Waals surface area contributed by atoms with Crippen LogP contribution in [0.5, 0.6) is 0 Å². The molecular weight excluding hydrogens is 253 g/mol. The molecule has 0 aliphatic heterocycles. The lowest BCUT2D eigenvalue weighted by atomic mass is 10.0. The maximum Gasteiger partial charge on any atom is 0.127 e. The maximum atomic E-state index is 13.5. The number of rotatable bonds is 4. The predicted octanol–water partition coefficient (Wildman–Crippen LogP) is 3.02.